The Bertz CT molecular complexity index is 493. The lowest BCUT2D eigenvalue weighted by Crippen LogP contribution is -2.47. The van der Waals surface area contributed by atoms with Crippen LogP contribution in [0, 0.1) is 12.8 Å². The number of nitrogens with one attached hydrogen (secondary N) is 2. The molecule has 0 bridgehead atoms. The van der Waals surface area contributed by atoms with E-state index in [4.69, 9.17) is 0 Å². The van der Waals surface area contributed by atoms with Crippen LogP contribution in [0.5, 0.6) is 0 Å². The zero-order valence-electron chi connectivity index (χ0n) is 14.8. The fourth-order valence-electron chi connectivity index (χ4n) is 2.67. The summed E-state index contributed by atoms with van der Waals surface area (Å²) in [5, 5.41) is 7.85. The normalized spacial score (nSPS) is 18.9. The van der Waals surface area contributed by atoms with Crippen molar-refractivity contribution in [3.8, 4) is 0 Å². The van der Waals surface area contributed by atoms with Gasteiger partial charge in [0.25, 0.3) is 0 Å². The highest BCUT2D eigenvalue weighted by Crippen LogP contribution is 2.10. The molecule has 6 nitrogen and oxygen atoms in total. The van der Waals surface area contributed by atoms with Crippen LogP contribution in [0.4, 0.5) is 0 Å². The molecule has 0 spiro atoms. The van der Waals surface area contributed by atoms with Gasteiger partial charge in [0, 0.05) is 57.4 Å². The molecule has 130 valence electrons. The lowest BCUT2D eigenvalue weighted by molar-refractivity contribution is 0.139. The topological polar surface area (TPSA) is 55.8 Å². The van der Waals surface area contributed by atoms with Gasteiger partial charge in [0.1, 0.15) is 5.01 Å². The molecule has 2 N–H and O–H groups in total. The van der Waals surface area contributed by atoms with Crippen molar-refractivity contribution in [3.63, 3.8) is 0 Å². The highest BCUT2D eigenvalue weighted by atomic mass is 32.1. The third-order valence-electron chi connectivity index (χ3n) is 4.08. The summed E-state index contributed by atoms with van der Waals surface area (Å²) >= 11 is 1.72. The summed E-state index contributed by atoms with van der Waals surface area (Å²) in [4.78, 5) is 14.8. The molecule has 0 saturated carbocycles. The second-order valence-corrected chi connectivity index (χ2v) is 7.70. The number of aromatic nitrogens is 1. The van der Waals surface area contributed by atoms with Gasteiger partial charge in [0.15, 0.2) is 5.96 Å². The maximum atomic E-state index is 4.36. The number of hydrogen-bond donors (Lipinski definition) is 2. The molecule has 0 aromatic carbocycles. The van der Waals surface area contributed by atoms with Gasteiger partial charge in [-0.1, -0.05) is 6.92 Å². The van der Waals surface area contributed by atoms with Gasteiger partial charge in [-0.05, 0) is 19.9 Å². The number of likely N-dealkylation sites (N-methyl/N-ethyl adjacent to an activating group) is 1. The van der Waals surface area contributed by atoms with E-state index in [0.717, 1.165) is 30.6 Å². The molecule has 2 rings (SSSR count). The summed E-state index contributed by atoms with van der Waals surface area (Å²) in [5.41, 5.74) is 0. The van der Waals surface area contributed by atoms with Crippen LogP contribution in [0.15, 0.2) is 11.2 Å². The Balaban J connectivity index is 1.66. The number of aryl methyl sites for hydroxylation is 1. The van der Waals surface area contributed by atoms with Gasteiger partial charge in [0.2, 0.25) is 0 Å². The molecule has 23 heavy (non-hydrogen) atoms. The largest absolute Gasteiger partial charge is 0.356 e. The summed E-state index contributed by atoms with van der Waals surface area (Å²) in [7, 11) is 4.01. The van der Waals surface area contributed by atoms with E-state index in [2.05, 4.69) is 51.3 Å². The van der Waals surface area contributed by atoms with Crippen LogP contribution in [-0.2, 0) is 6.54 Å². The van der Waals surface area contributed by atoms with E-state index < -0.39 is 0 Å². The summed E-state index contributed by atoms with van der Waals surface area (Å²) in [6, 6.07) is 0. The van der Waals surface area contributed by atoms with Crippen molar-refractivity contribution in [3.05, 3.63) is 16.1 Å². The molecule has 1 unspecified atom stereocenters. The lowest BCUT2D eigenvalue weighted by Gasteiger charge is -2.34. The van der Waals surface area contributed by atoms with Crippen molar-refractivity contribution in [2.45, 2.75) is 20.4 Å². The van der Waals surface area contributed by atoms with Gasteiger partial charge in [-0.2, -0.15) is 0 Å². The zero-order chi connectivity index (χ0) is 16.7. The number of nitrogens with zero attached hydrogens (tertiary/aromatic N) is 4. The fourth-order valence-corrected chi connectivity index (χ4v) is 3.40. The molecule has 7 heteroatoms. The number of hydrogen-bond acceptors (Lipinski definition) is 5. The van der Waals surface area contributed by atoms with Crippen LogP contribution in [0.25, 0.3) is 0 Å². The summed E-state index contributed by atoms with van der Waals surface area (Å²) in [6.45, 7) is 11.9. The predicted octanol–water partition coefficient (Wildman–Crippen LogP) is 1.00. The maximum Gasteiger partial charge on any atom is 0.191 e. The third kappa shape index (κ3) is 6.45. The van der Waals surface area contributed by atoms with Gasteiger partial charge >= 0.3 is 0 Å². The molecule has 1 aliphatic rings. The Morgan fingerprint density at radius 1 is 1.35 bits per heavy atom. The van der Waals surface area contributed by atoms with Gasteiger partial charge in [-0.25, -0.2) is 4.98 Å². The van der Waals surface area contributed by atoms with Crippen molar-refractivity contribution < 1.29 is 0 Å². The minimum atomic E-state index is 0.596. The molecule has 0 radical (unpaired) electrons. The second-order valence-electron chi connectivity index (χ2n) is 6.38. The highest BCUT2D eigenvalue weighted by Gasteiger charge is 2.16. The SMILES string of the molecule is CN=C(NCc1ncc(C)s1)NCC(C)CN1CCN(C)CC1. The zero-order valence-corrected chi connectivity index (χ0v) is 15.6. The van der Waals surface area contributed by atoms with Crippen LogP contribution < -0.4 is 10.6 Å². The van der Waals surface area contributed by atoms with Crippen molar-refractivity contribution in [1.29, 1.82) is 0 Å². The van der Waals surface area contributed by atoms with Crippen LogP contribution in [-0.4, -0.2) is 74.1 Å². The third-order valence-corrected chi connectivity index (χ3v) is 5.00. The second kappa shape index (κ2) is 9.20. The van der Waals surface area contributed by atoms with Crippen LogP contribution >= 0.6 is 11.3 Å². The average molecular weight is 339 g/mol. The number of rotatable bonds is 6. The summed E-state index contributed by atoms with van der Waals surface area (Å²) in [5.74, 6) is 1.45. The number of guanidine groups is 1. The molecule has 0 aliphatic carbocycles. The smallest absolute Gasteiger partial charge is 0.191 e. The van der Waals surface area contributed by atoms with Crippen LogP contribution in [0.3, 0.4) is 0 Å². The monoisotopic (exact) mass is 338 g/mol. The molecule has 1 atom stereocenters. The Hall–Kier alpha value is -1.18. The molecule has 1 aliphatic heterocycles. The van der Waals surface area contributed by atoms with Crippen molar-refractivity contribution in [1.82, 2.24) is 25.4 Å². The van der Waals surface area contributed by atoms with E-state index in [0.29, 0.717) is 5.92 Å². The quantitative estimate of drug-likeness (QED) is 0.599. The Labute approximate surface area is 144 Å². The Kier molecular flexibility index (Phi) is 7.26. The molecule has 0 amide bonds. The minimum absolute atomic E-state index is 0.596. The first-order chi connectivity index (χ1) is 11.1. The Morgan fingerprint density at radius 2 is 2.09 bits per heavy atom. The molecule has 1 fully saturated rings. The molecule has 1 aromatic rings. The molecule has 1 saturated heterocycles. The van der Waals surface area contributed by atoms with Crippen molar-refractivity contribution in [2.75, 3.05) is 53.4 Å². The van der Waals surface area contributed by atoms with Crippen molar-refractivity contribution >= 4 is 17.3 Å². The van der Waals surface area contributed by atoms with E-state index in [1.54, 1.807) is 11.3 Å². The molecule has 2 heterocycles. The van der Waals surface area contributed by atoms with Gasteiger partial charge in [-0.3, -0.25) is 4.99 Å². The average Bonchev–Trinajstić information content (AvgIpc) is 2.95. The van der Waals surface area contributed by atoms with E-state index in [1.165, 1.54) is 31.1 Å². The van der Waals surface area contributed by atoms with Gasteiger partial charge in [0.05, 0.1) is 6.54 Å². The van der Waals surface area contributed by atoms with Crippen molar-refractivity contribution in [2.24, 2.45) is 10.9 Å². The highest BCUT2D eigenvalue weighted by molar-refractivity contribution is 7.11. The first-order valence-corrected chi connectivity index (χ1v) is 9.15. The number of piperazine rings is 1. The van der Waals surface area contributed by atoms with Gasteiger partial charge in [-0.15, -0.1) is 11.3 Å². The number of thiazole rings is 1. The maximum absolute atomic E-state index is 4.36. The number of aliphatic imine (C=N–C) groups is 1. The first kappa shape index (κ1) is 18.2. The lowest BCUT2D eigenvalue weighted by atomic mass is 10.1. The summed E-state index contributed by atoms with van der Waals surface area (Å²) in [6.07, 6.45) is 1.91. The fraction of sp³-hybridized carbons (Fsp3) is 0.750. The van der Waals surface area contributed by atoms with Crippen LogP contribution in [0.2, 0.25) is 0 Å². The molecule has 1 aromatic heterocycles. The summed E-state index contributed by atoms with van der Waals surface area (Å²) < 4.78 is 0. The van der Waals surface area contributed by atoms with E-state index in [9.17, 15) is 0 Å². The van der Waals surface area contributed by atoms with E-state index in [-0.39, 0.29) is 0 Å². The molecular formula is C16H30N6S. The minimum Gasteiger partial charge on any atom is -0.356 e. The van der Waals surface area contributed by atoms with E-state index in [1.807, 2.05) is 13.2 Å². The van der Waals surface area contributed by atoms with E-state index >= 15 is 0 Å². The predicted molar refractivity (Wildman–Crippen MR) is 98.2 cm³/mol. The van der Waals surface area contributed by atoms with Gasteiger partial charge < -0.3 is 20.4 Å². The Morgan fingerprint density at radius 3 is 2.70 bits per heavy atom. The first-order valence-electron chi connectivity index (χ1n) is 8.33. The standard InChI is InChI=1S/C16H30N6S/c1-13(12-22-7-5-21(4)6-8-22)9-19-16(17-3)20-11-15-18-10-14(2)23-15/h10,13H,5-9,11-12H2,1-4H3,(H2,17,19,20). The molecular weight excluding hydrogens is 308 g/mol. The van der Waals surface area contributed by atoms with Crippen LogP contribution in [0.1, 0.15) is 16.8 Å².